The average Bonchev–Trinajstić information content (AvgIpc) is 3.00. The number of imidazole rings is 1. The number of aliphatic hydroxyl groups excluding tert-OH is 1. The number of nitrogens with zero attached hydrogens (tertiary/aromatic N) is 2. The molecule has 0 atom stereocenters. The highest BCUT2D eigenvalue weighted by Crippen LogP contribution is 2.44. The number of nitrogens with one attached hydrogen (secondary N) is 2. The Labute approximate surface area is 149 Å². The molecule has 10 heteroatoms. The van der Waals surface area contributed by atoms with Gasteiger partial charge in [-0.1, -0.05) is 12.1 Å². The normalized spacial score (nSPS) is 12.3. The minimum absolute atomic E-state index is 0.0522. The van der Waals surface area contributed by atoms with Gasteiger partial charge in [0, 0.05) is 12.7 Å². The third-order valence-corrected chi connectivity index (χ3v) is 5.11. The van der Waals surface area contributed by atoms with E-state index in [1.54, 1.807) is 47.0 Å². The molecule has 3 rings (SSSR count). The first-order valence-electron chi connectivity index (χ1n) is 7.58. The second-order valence-electron chi connectivity index (χ2n) is 5.40. The lowest BCUT2D eigenvalue weighted by molar-refractivity contribution is 0.234. The lowest BCUT2D eigenvalue weighted by atomic mass is 10.1. The molecule has 3 aromatic rings. The smallest absolute Gasteiger partial charge is 0.395 e. The van der Waals surface area contributed by atoms with E-state index in [0.29, 0.717) is 10.5 Å². The molecule has 8 nitrogen and oxygen atoms in total. The van der Waals surface area contributed by atoms with Gasteiger partial charge in [0.25, 0.3) is 0 Å². The Hall–Kier alpha value is -2.50. The molecule has 0 spiro atoms. The Bertz CT molecular complexity index is 947. The van der Waals surface area contributed by atoms with Crippen LogP contribution in [0.15, 0.2) is 53.7 Å². The van der Waals surface area contributed by atoms with Gasteiger partial charge in [0.1, 0.15) is 5.65 Å². The molecule has 0 aliphatic heterocycles. The lowest BCUT2D eigenvalue weighted by Crippen LogP contribution is -2.23. The number of anilines is 1. The van der Waals surface area contributed by atoms with Gasteiger partial charge < -0.3 is 9.51 Å². The zero-order chi connectivity index (χ0) is 18.7. The summed E-state index contributed by atoms with van der Waals surface area (Å²) >= 11 is 0. The Morgan fingerprint density at radius 1 is 1.19 bits per heavy atom. The van der Waals surface area contributed by atoms with Crippen molar-refractivity contribution in [1.29, 1.82) is 0 Å². The molecule has 0 saturated carbocycles. The molecule has 0 bridgehead atoms. The van der Waals surface area contributed by atoms with Gasteiger partial charge in [0.05, 0.1) is 17.7 Å². The van der Waals surface area contributed by atoms with Crippen molar-refractivity contribution < 1.29 is 23.4 Å². The number of amides is 1. The maximum Gasteiger partial charge on any atom is 0.403 e. The van der Waals surface area contributed by atoms with Crippen LogP contribution in [0.3, 0.4) is 0 Å². The monoisotopic (exact) mass is 380 g/mol. The van der Waals surface area contributed by atoms with Gasteiger partial charge in [0.15, 0.2) is 5.82 Å². The SMILES string of the molecule is O=C(F)Nc1cn2cc(-c3cccc(S(O)(O)NCCO)c3)ccc2n1. The van der Waals surface area contributed by atoms with E-state index in [2.05, 4.69) is 9.71 Å². The van der Waals surface area contributed by atoms with Crippen LogP contribution in [0, 0.1) is 0 Å². The van der Waals surface area contributed by atoms with Gasteiger partial charge in [-0.3, -0.25) is 14.4 Å². The number of hydrogen-bond acceptors (Lipinski definition) is 6. The highest BCUT2D eigenvalue weighted by Gasteiger charge is 2.15. The number of fused-ring (bicyclic) bond motifs is 1. The van der Waals surface area contributed by atoms with Crippen LogP contribution in [-0.2, 0) is 0 Å². The predicted octanol–water partition coefficient (Wildman–Crippen LogP) is 3.11. The van der Waals surface area contributed by atoms with Crippen molar-refractivity contribution >= 4 is 28.4 Å². The van der Waals surface area contributed by atoms with Crippen molar-refractivity contribution in [2.75, 3.05) is 18.5 Å². The molecule has 138 valence electrons. The molecule has 0 unspecified atom stereocenters. The quantitative estimate of drug-likeness (QED) is 0.331. The number of hydrogen-bond donors (Lipinski definition) is 5. The van der Waals surface area contributed by atoms with Crippen LogP contribution in [0.2, 0.25) is 0 Å². The van der Waals surface area contributed by atoms with Crippen LogP contribution in [0.1, 0.15) is 0 Å². The van der Waals surface area contributed by atoms with Gasteiger partial charge in [0.2, 0.25) is 0 Å². The van der Waals surface area contributed by atoms with Gasteiger partial charge in [-0.25, -0.2) is 14.5 Å². The molecule has 0 radical (unpaired) electrons. The predicted molar refractivity (Wildman–Crippen MR) is 97.0 cm³/mol. The summed E-state index contributed by atoms with van der Waals surface area (Å²) in [7, 11) is -3.22. The van der Waals surface area contributed by atoms with E-state index in [0.717, 1.165) is 11.1 Å². The van der Waals surface area contributed by atoms with Crippen LogP contribution in [0.25, 0.3) is 16.8 Å². The number of benzene rings is 1. The number of halogens is 1. The minimum atomic E-state index is -3.22. The third kappa shape index (κ3) is 4.00. The molecular formula is C16H17FN4O4S. The lowest BCUT2D eigenvalue weighted by Gasteiger charge is -2.33. The molecule has 2 heterocycles. The summed E-state index contributed by atoms with van der Waals surface area (Å²) in [6.07, 6.45) is 1.50. The second kappa shape index (κ2) is 7.40. The highest BCUT2D eigenvalue weighted by molar-refractivity contribution is 8.22. The van der Waals surface area contributed by atoms with Gasteiger partial charge in [-0.05, 0) is 35.4 Å². The second-order valence-corrected chi connectivity index (χ2v) is 7.26. The molecule has 0 aliphatic rings. The number of carbonyl (C=O) groups is 1. The van der Waals surface area contributed by atoms with Crippen LogP contribution < -0.4 is 10.0 Å². The molecular weight excluding hydrogens is 363 g/mol. The number of aromatic nitrogens is 2. The molecule has 2 aromatic heterocycles. The van der Waals surface area contributed by atoms with E-state index in [1.807, 2.05) is 5.32 Å². The van der Waals surface area contributed by atoms with Crippen molar-refractivity contribution in [3.63, 3.8) is 0 Å². The molecule has 0 aliphatic carbocycles. The largest absolute Gasteiger partial charge is 0.403 e. The van der Waals surface area contributed by atoms with E-state index in [-0.39, 0.29) is 19.0 Å². The van der Waals surface area contributed by atoms with E-state index in [1.165, 1.54) is 6.20 Å². The third-order valence-electron chi connectivity index (χ3n) is 3.59. The topological polar surface area (TPSA) is 119 Å². The molecule has 0 fully saturated rings. The Morgan fingerprint density at radius 3 is 2.73 bits per heavy atom. The summed E-state index contributed by atoms with van der Waals surface area (Å²) in [5.74, 6) is 0.0887. The summed E-state index contributed by atoms with van der Waals surface area (Å²) < 4.78 is 36.9. The number of aliphatic hydroxyl groups is 1. The summed E-state index contributed by atoms with van der Waals surface area (Å²) in [4.78, 5) is 14.8. The van der Waals surface area contributed by atoms with Crippen molar-refractivity contribution in [2.45, 2.75) is 4.90 Å². The van der Waals surface area contributed by atoms with Crippen molar-refractivity contribution in [2.24, 2.45) is 0 Å². The van der Waals surface area contributed by atoms with Crippen molar-refractivity contribution in [1.82, 2.24) is 14.1 Å². The molecule has 1 amide bonds. The molecule has 1 aromatic carbocycles. The number of carbonyl (C=O) groups excluding carboxylic acids is 1. The maximum absolute atomic E-state index is 12.4. The van der Waals surface area contributed by atoms with E-state index < -0.39 is 16.9 Å². The Balaban J connectivity index is 1.93. The standard InChI is InChI=1S/C16H17FN4O4S/c17-16(23)20-14-10-21-9-12(4-5-15(21)19-14)11-2-1-3-13(8-11)26(24,25)18-6-7-22/h1-5,8-10,18,22,24-25H,6-7H2,(H,20,23). The maximum atomic E-state index is 12.4. The molecule has 0 saturated heterocycles. The summed E-state index contributed by atoms with van der Waals surface area (Å²) in [5.41, 5.74) is 2.00. The van der Waals surface area contributed by atoms with Gasteiger partial charge in [-0.15, -0.1) is 15.2 Å². The number of pyridine rings is 1. The van der Waals surface area contributed by atoms with Crippen LogP contribution >= 0.6 is 10.8 Å². The minimum Gasteiger partial charge on any atom is -0.395 e. The molecule has 26 heavy (non-hydrogen) atoms. The molecule has 5 N–H and O–H groups in total. The van der Waals surface area contributed by atoms with Crippen LogP contribution in [0.5, 0.6) is 0 Å². The zero-order valence-corrected chi connectivity index (χ0v) is 14.3. The van der Waals surface area contributed by atoms with E-state index in [4.69, 9.17) is 5.11 Å². The fraction of sp³-hybridized carbons (Fsp3) is 0.125. The van der Waals surface area contributed by atoms with Crippen molar-refractivity contribution in [3.05, 3.63) is 48.8 Å². The fourth-order valence-corrected chi connectivity index (χ4v) is 3.55. The van der Waals surface area contributed by atoms with Crippen LogP contribution in [0.4, 0.5) is 15.0 Å². The van der Waals surface area contributed by atoms with E-state index in [9.17, 15) is 18.3 Å². The van der Waals surface area contributed by atoms with E-state index >= 15 is 0 Å². The Kier molecular flexibility index (Phi) is 5.20. The number of rotatable bonds is 6. The first kappa shape index (κ1) is 18.3. The Morgan fingerprint density at radius 2 is 2.00 bits per heavy atom. The first-order valence-corrected chi connectivity index (χ1v) is 9.13. The summed E-state index contributed by atoms with van der Waals surface area (Å²) in [6.45, 7) is -0.165. The fourth-order valence-electron chi connectivity index (χ4n) is 2.45. The highest BCUT2D eigenvalue weighted by atomic mass is 32.3. The zero-order valence-electron chi connectivity index (χ0n) is 13.5. The van der Waals surface area contributed by atoms with Crippen LogP contribution in [-0.4, -0.2) is 42.9 Å². The summed E-state index contributed by atoms with van der Waals surface area (Å²) in [5, 5.41) is 10.8. The van der Waals surface area contributed by atoms with Gasteiger partial charge >= 0.3 is 6.16 Å². The average molecular weight is 380 g/mol. The van der Waals surface area contributed by atoms with Crippen molar-refractivity contribution in [3.8, 4) is 11.1 Å². The first-order chi connectivity index (χ1) is 12.4. The summed E-state index contributed by atoms with van der Waals surface area (Å²) in [6, 6.07) is 10.2. The van der Waals surface area contributed by atoms with Gasteiger partial charge in [-0.2, -0.15) is 0 Å².